The number of nitrogens with two attached hydrogens (primary N) is 1. The Morgan fingerprint density at radius 3 is 2.48 bits per heavy atom. The largest absolute Gasteiger partial charge is 0.399 e. The number of carbonyl (C=O) groups is 2. The van der Waals surface area contributed by atoms with Gasteiger partial charge in [-0.2, -0.15) is 4.31 Å². The number of fused-ring (bicyclic) bond motifs is 1. The molecule has 8 nitrogen and oxygen atoms in total. The molecule has 9 heteroatoms. The molecule has 2 heterocycles. The molecule has 0 spiro atoms. The number of aromatic nitrogens is 1. The second-order valence-electron chi connectivity index (χ2n) is 4.70. The molecular formula is C12H12N4O4S. The fourth-order valence-corrected chi connectivity index (χ4v) is 3.77. The number of benzene rings is 1. The summed E-state index contributed by atoms with van der Waals surface area (Å²) >= 11 is 0. The van der Waals surface area contributed by atoms with Crippen LogP contribution in [0.2, 0.25) is 0 Å². The van der Waals surface area contributed by atoms with Crippen LogP contribution in [0, 0.1) is 0 Å². The number of amides is 2. The summed E-state index contributed by atoms with van der Waals surface area (Å²) in [6, 6.07) is 4.78. The summed E-state index contributed by atoms with van der Waals surface area (Å²) < 4.78 is 26.0. The van der Waals surface area contributed by atoms with Gasteiger partial charge in [-0.25, -0.2) is 8.42 Å². The average Bonchev–Trinajstić information content (AvgIpc) is 2.81. The van der Waals surface area contributed by atoms with E-state index in [4.69, 9.17) is 5.73 Å². The molecule has 0 atom stereocenters. The minimum Gasteiger partial charge on any atom is -0.399 e. The van der Waals surface area contributed by atoms with Gasteiger partial charge >= 0.3 is 0 Å². The van der Waals surface area contributed by atoms with Crippen LogP contribution < -0.4 is 11.1 Å². The van der Waals surface area contributed by atoms with E-state index in [2.05, 4.69) is 10.3 Å². The molecule has 1 aromatic heterocycles. The number of piperazine rings is 1. The van der Waals surface area contributed by atoms with E-state index in [0.717, 1.165) is 4.31 Å². The van der Waals surface area contributed by atoms with Gasteiger partial charge in [0.15, 0.2) is 0 Å². The maximum Gasteiger partial charge on any atom is 0.246 e. The molecule has 1 saturated heterocycles. The van der Waals surface area contributed by atoms with Gasteiger partial charge in [-0.05, 0) is 18.2 Å². The summed E-state index contributed by atoms with van der Waals surface area (Å²) in [5, 5.41) is 2.52. The fraction of sp³-hybridized carbons (Fsp3) is 0.167. The van der Waals surface area contributed by atoms with Crippen molar-refractivity contribution in [3.05, 3.63) is 24.4 Å². The number of hydrogen-bond acceptors (Lipinski definition) is 5. The maximum absolute atomic E-state index is 12.6. The molecule has 0 bridgehead atoms. The van der Waals surface area contributed by atoms with Gasteiger partial charge < -0.3 is 10.7 Å². The zero-order valence-electron chi connectivity index (χ0n) is 10.8. The lowest BCUT2D eigenvalue weighted by Gasteiger charge is -2.24. The SMILES string of the molecule is Nc1ccc2c(S(=O)(=O)N3CC(=O)NC(=O)C3)c[nH]c2c1. The van der Waals surface area contributed by atoms with Gasteiger partial charge in [0.05, 0.1) is 13.1 Å². The number of hydrogen-bond donors (Lipinski definition) is 3. The highest BCUT2D eigenvalue weighted by atomic mass is 32.2. The first-order valence-electron chi connectivity index (χ1n) is 6.07. The Hall–Kier alpha value is -2.39. The van der Waals surface area contributed by atoms with E-state index in [1.54, 1.807) is 18.2 Å². The first kappa shape index (κ1) is 13.6. The molecule has 1 fully saturated rings. The van der Waals surface area contributed by atoms with Crippen molar-refractivity contribution in [3.8, 4) is 0 Å². The number of sulfonamides is 1. The molecule has 2 aromatic rings. The van der Waals surface area contributed by atoms with Crippen molar-refractivity contribution in [2.75, 3.05) is 18.8 Å². The highest BCUT2D eigenvalue weighted by Crippen LogP contribution is 2.27. The zero-order valence-corrected chi connectivity index (χ0v) is 11.6. The summed E-state index contributed by atoms with van der Waals surface area (Å²) in [7, 11) is -3.94. The number of nitrogens with one attached hydrogen (secondary N) is 2. The second kappa shape index (κ2) is 4.57. The van der Waals surface area contributed by atoms with Crippen molar-refractivity contribution in [1.82, 2.24) is 14.6 Å². The number of nitrogens with zero attached hydrogens (tertiary/aromatic N) is 1. The quantitative estimate of drug-likeness (QED) is 0.504. The Morgan fingerprint density at radius 1 is 1.14 bits per heavy atom. The van der Waals surface area contributed by atoms with Crippen molar-refractivity contribution < 1.29 is 18.0 Å². The van der Waals surface area contributed by atoms with E-state index in [9.17, 15) is 18.0 Å². The third-order valence-corrected chi connectivity index (χ3v) is 5.04. The Balaban J connectivity index is 2.08. The van der Waals surface area contributed by atoms with Gasteiger partial charge in [0.2, 0.25) is 21.8 Å². The van der Waals surface area contributed by atoms with Crippen LogP contribution >= 0.6 is 0 Å². The molecule has 1 aliphatic heterocycles. The van der Waals surface area contributed by atoms with Crippen LogP contribution in [-0.2, 0) is 19.6 Å². The second-order valence-corrected chi connectivity index (χ2v) is 6.61. The van der Waals surface area contributed by atoms with Crippen LogP contribution in [0.25, 0.3) is 10.9 Å². The lowest BCUT2D eigenvalue weighted by atomic mass is 10.2. The number of rotatable bonds is 2. The summed E-state index contributed by atoms with van der Waals surface area (Å²) in [6.45, 7) is -0.758. The maximum atomic E-state index is 12.6. The van der Waals surface area contributed by atoms with Crippen LogP contribution in [0.3, 0.4) is 0 Å². The van der Waals surface area contributed by atoms with Crippen LogP contribution in [-0.4, -0.2) is 42.6 Å². The van der Waals surface area contributed by atoms with Crippen molar-refractivity contribution in [2.24, 2.45) is 0 Å². The normalized spacial score (nSPS) is 17.1. The Kier molecular flexibility index (Phi) is 2.96. The third-order valence-electron chi connectivity index (χ3n) is 3.20. The molecule has 4 N–H and O–H groups in total. The molecular weight excluding hydrogens is 296 g/mol. The minimum absolute atomic E-state index is 0.0139. The molecule has 2 amide bonds. The molecule has 1 aliphatic rings. The lowest BCUT2D eigenvalue weighted by Crippen LogP contribution is -2.53. The number of carbonyl (C=O) groups excluding carboxylic acids is 2. The van der Waals surface area contributed by atoms with E-state index in [-0.39, 0.29) is 18.0 Å². The van der Waals surface area contributed by atoms with Gasteiger partial charge in [0.25, 0.3) is 0 Å². The van der Waals surface area contributed by atoms with E-state index in [1.807, 2.05) is 0 Å². The number of anilines is 1. The topological polar surface area (TPSA) is 125 Å². The number of aromatic amines is 1. The summed E-state index contributed by atoms with van der Waals surface area (Å²) in [5.41, 5.74) is 6.72. The standard InChI is InChI=1S/C12H12N4O4S/c13-7-1-2-8-9(3-7)14-4-10(8)21(19,20)16-5-11(17)15-12(18)6-16/h1-4,14H,5-6,13H2,(H,15,17,18). The average molecular weight is 308 g/mol. The van der Waals surface area contributed by atoms with Crippen LogP contribution in [0.4, 0.5) is 5.69 Å². The monoisotopic (exact) mass is 308 g/mol. The number of imide groups is 1. The highest BCUT2D eigenvalue weighted by Gasteiger charge is 2.34. The van der Waals surface area contributed by atoms with Gasteiger partial charge in [-0.3, -0.25) is 14.9 Å². The highest BCUT2D eigenvalue weighted by molar-refractivity contribution is 7.89. The fourth-order valence-electron chi connectivity index (χ4n) is 2.25. The smallest absolute Gasteiger partial charge is 0.246 e. The predicted octanol–water partition coefficient (Wildman–Crippen LogP) is -0.603. The summed E-state index contributed by atoms with van der Waals surface area (Å²) in [6.07, 6.45) is 1.33. The minimum atomic E-state index is -3.94. The molecule has 0 saturated carbocycles. The van der Waals surface area contributed by atoms with Crippen LogP contribution in [0.5, 0.6) is 0 Å². The lowest BCUT2D eigenvalue weighted by molar-refractivity contribution is -0.134. The first-order valence-corrected chi connectivity index (χ1v) is 7.51. The summed E-state index contributed by atoms with van der Waals surface area (Å²) in [5.74, 6) is -1.28. The van der Waals surface area contributed by atoms with Gasteiger partial charge in [0, 0.05) is 22.8 Å². The number of nitrogen functional groups attached to an aromatic ring is 1. The van der Waals surface area contributed by atoms with Gasteiger partial charge in [-0.1, -0.05) is 0 Å². The molecule has 21 heavy (non-hydrogen) atoms. The molecule has 3 rings (SSSR count). The summed E-state index contributed by atoms with van der Waals surface area (Å²) in [4.78, 5) is 25.5. The van der Waals surface area contributed by atoms with Crippen LogP contribution in [0.1, 0.15) is 0 Å². The third kappa shape index (κ3) is 2.26. The van der Waals surface area contributed by atoms with E-state index >= 15 is 0 Å². The van der Waals surface area contributed by atoms with E-state index < -0.39 is 21.8 Å². The van der Waals surface area contributed by atoms with E-state index in [1.165, 1.54) is 6.20 Å². The molecule has 0 radical (unpaired) electrons. The zero-order chi connectivity index (χ0) is 15.2. The molecule has 0 unspecified atom stereocenters. The van der Waals surface area contributed by atoms with Crippen molar-refractivity contribution in [2.45, 2.75) is 4.90 Å². The van der Waals surface area contributed by atoms with Gasteiger partial charge in [0.1, 0.15) is 4.90 Å². The Bertz CT molecular complexity index is 839. The van der Waals surface area contributed by atoms with Crippen molar-refractivity contribution >= 4 is 38.4 Å². The van der Waals surface area contributed by atoms with Crippen molar-refractivity contribution in [1.29, 1.82) is 0 Å². The molecule has 0 aliphatic carbocycles. The molecule has 1 aromatic carbocycles. The number of H-pyrrole nitrogens is 1. The Morgan fingerprint density at radius 2 is 1.81 bits per heavy atom. The van der Waals surface area contributed by atoms with Gasteiger partial charge in [-0.15, -0.1) is 0 Å². The first-order chi connectivity index (χ1) is 9.88. The Labute approximate surface area is 120 Å². The van der Waals surface area contributed by atoms with Crippen LogP contribution in [0.15, 0.2) is 29.3 Å². The van der Waals surface area contributed by atoms with E-state index in [0.29, 0.717) is 16.6 Å². The van der Waals surface area contributed by atoms with Crippen molar-refractivity contribution in [3.63, 3.8) is 0 Å². The predicted molar refractivity (Wildman–Crippen MR) is 74.6 cm³/mol. The molecule has 110 valence electrons.